The minimum Gasteiger partial charge on any atom is -0.336 e. The lowest BCUT2D eigenvalue weighted by molar-refractivity contribution is 0.234. The molecule has 0 radical (unpaired) electrons. The Morgan fingerprint density at radius 2 is 2.67 bits per heavy atom. The Balaban J connectivity index is 2.71. The van der Waals surface area contributed by atoms with Crippen LogP contribution in [0.25, 0.3) is 0 Å². The largest absolute Gasteiger partial charge is 0.336 e. The number of hydrogen-bond donors (Lipinski definition) is 1. The van der Waals surface area contributed by atoms with E-state index >= 15 is 0 Å². The molecule has 4 nitrogen and oxygen atoms in total. The van der Waals surface area contributed by atoms with Crippen LogP contribution in [0.3, 0.4) is 0 Å². The van der Waals surface area contributed by atoms with Gasteiger partial charge in [-0.15, -0.1) is 0 Å². The molecule has 0 aromatic heterocycles. The van der Waals surface area contributed by atoms with E-state index in [1.54, 1.807) is 11.0 Å². The molecule has 1 fully saturated rings. The van der Waals surface area contributed by atoms with E-state index in [9.17, 15) is 4.79 Å². The quantitative estimate of drug-likeness (QED) is 0.475. The van der Waals surface area contributed by atoms with Crippen molar-refractivity contribution in [3.8, 4) is 0 Å². The third kappa shape index (κ3) is 1.64. The molecule has 0 atom stereocenters. The van der Waals surface area contributed by atoms with Gasteiger partial charge in [0, 0.05) is 19.6 Å². The van der Waals surface area contributed by atoms with Gasteiger partial charge in [-0.1, -0.05) is 6.58 Å². The summed E-state index contributed by atoms with van der Waals surface area (Å²) < 4.78 is 0. The molecule has 1 saturated heterocycles. The molecule has 4 heteroatoms. The van der Waals surface area contributed by atoms with Crippen molar-refractivity contribution in [2.75, 3.05) is 19.6 Å². The van der Waals surface area contributed by atoms with Gasteiger partial charge in [-0.25, -0.2) is 4.79 Å². The Bertz CT molecular complexity index is 222. The van der Waals surface area contributed by atoms with Crippen LogP contribution in [0, 0.1) is 0 Å². The molecule has 1 aliphatic rings. The van der Waals surface area contributed by atoms with Crippen molar-refractivity contribution < 1.29 is 4.79 Å². The van der Waals surface area contributed by atoms with Gasteiger partial charge in [-0.2, -0.15) is 0 Å². The molecular formula is C8H13N3O. The Kier molecular flexibility index (Phi) is 2.85. The van der Waals surface area contributed by atoms with Crippen molar-refractivity contribution in [1.82, 2.24) is 10.2 Å². The minimum atomic E-state index is -0.0814. The van der Waals surface area contributed by atoms with E-state index in [4.69, 9.17) is 0 Å². The highest BCUT2D eigenvalue weighted by Gasteiger charge is 2.21. The second-order valence-corrected chi connectivity index (χ2v) is 2.42. The van der Waals surface area contributed by atoms with E-state index in [0.29, 0.717) is 25.5 Å². The maximum absolute atomic E-state index is 11.1. The molecule has 1 rings (SSSR count). The average molecular weight is 167 g/mol. The van der Waals surface area contributed by atoms with Crippen LogP contribution in [0.1, 0.15) is 6.92 Å². The molecule has 1 heterocycles. The van der Waals surface area contributed by atoms with Crippen LogP contribution < -0.4 is 5.32 Å². The summed E-state index contributed by atoms with van der Waals surface area (Å²) in [5, 5.41) is 2.70. The van der Waals surface area contributed by atoms with Crippen molar-refractivity contribution in [1.29, 1.82) is 0 Å². The van der Waals surface area contributed by atoms with Crippen LogP contribution in [0.2, 0.25) is 0 Å². The van der Waals surface area contributed by atoms with E-state index in [0.717, 1.165) is 0 Å². The van der Waals surface area contributed by atoms with Crippen LogP contribution >= 0.6 is 0 Å². The first-order valence-electron chi connectivity index (χ1n) is 4.01. The Morgan fingerprint density at radius 3 is 3.08 bits per heavy atom. The Morgan fingerprint density at radius 1 is 1.92 bits per heavy atom. The highest BCUT2D eigenvalue weighted by molar-refractivity contribution is 6.04. The van der Waals surface area contributed by atoms with Gasteiger partial charge < -0.3 is 5.32 Å². The summed E-state index contributed by atoms with van der Waals surface area (Å²) in [5.74, 6) is 0.660. The van der Waals surface area contributed by atoms with Crippen LogP contribution in [0.5, 0.6) is 0 Å². The lowest BCUT2D eigenvalue weighted by Crippen LogP contribution is -2.33. The van der Waals surface area contributed by atoms with E-state index < -0.39 is 0 Å². The topological polar surface area (TPSA) is 44.7 Å². The summed E-state index contributed by atoms with van der Waals surface area (Å²) in [7, 11) is 0. The number of carbonyl (C=O) groups is 1. The van der Waals surface area contributed by atoms with Crippen molar-refractivity contribution in [2.45, 2.75) is 6.92 Å². The predicted molar refractivity (Wildman–Crippen MR) is 48.3 cm³/mol. The zero-order valence-corrected chi connectivity index (χ0v) is 7.21. The molecule has 2 amide bonds. The smallest absolute Gasteiger partial charge is 0.323 e. The van der Waals surface area contributed by atoms with Gasteiger partial charge in [0.05, 0.1) is 0 Å². The minimum absolute atomic E-state index is 0.0814. The van der Waals surface area contributed by atoms with E-state index in [1.165, 1.54) is 0 Å². The summed E-state index contributed by atoms with van der Waals surface area (Å²) in [5.41, 5.74) is 0. The van der Waals surface area contributed by atoms with Crippen LogP contribution in [0.15, 0.2) is 17.6 Å². The first-order valence-corrected chi connectivity index (χ1v) is 4.01. The van der Waals surface area contributed by atoms with Gasteiger partial charge >= 0.3 is 6.03 Å². The zero-order chi connectivity index (χ0) is 8.97. The predicted octanol–water partition coefficient (Wildman–Crippen LogP) is 0.616. The third-order valence-electron chi connectivity index (χ3n) is 1.64. The van der Waals surface area contributed by atoms with Gasteiger partial charge in [0.1, 0.15) is 5.84 Å². The third-order valence-corrected chi connectivity index (χ3v) is 1.64. The van der Waals surface area contributed by atoms with Crippen LogP contribution in [0.4, 0.5) is 4.79 Å². The number of aliphatic imine (C=N–C) groups is 1. The fourth-order valence-corrected chi connectivity index (χ4v) is 1.11. The number of amides is 2. The number of carbonyl (C=O) groups excluding carboxylic acids is 1. The molecule has 0 saturated carbocycles. The SMILES string of the molecule is C=C/C(=N\CC)N1CCNC1=O. The van der Waals surface area contributed by atoms with Crippen molar-refractivity contribution in [3.05, 3.63) is 12.7 Å². The number of nitrogens with one attached hydrogen (secondary N) is 1. The Labute approximate surface area is 72.0 Å². The van der Waals surface area contributed by atoms with Gasteiger partial charge in [0.2, 0.25) is 0 Å². The van der Waals surface area contributed by atoms with E-state index in [-0.39, 0.29) is 6.03 Å². The summed E-state index contributed by atoms with van der Waals surface area (Å²) in [6, 6.07) is -0.0814. The standard InChI is InChI=1S/C8H13N3O/c1-3-7(9-4-2)11-6-5-10-8(11)12/h3H,1,4-6H2,2H3,(H,10,12)/b9-7+. The van der Waals surface area contributed by atoms with Crippen LogP contribution in [-0.4, -0.2) is 36.4 Å². The number of amidine groups is 1. The molecule has 1 N–H and O–H groups in total. The van der Waals surface area contributed by atoms with E-state index in [2.05, 4.69) is 16.9 Å². The molecule has 12 heavy (non-hydrogen) atoms. The maximum atomic E-state index is 11.1. The number of urea groups is 1. The van der Waals surface area contributed by atoms with Crippen molar-refractivity contribution in [2.24, 2.45) is 4.99 Å². The molecule has 0 bridgehead atoms. The summed E-state index contributed by atoms with van der Waals surface area (Å²) >= 11 is 0. The molecule has 0 spiro atoms. The fourth-order valence-electron chi connectivity index (χ4n) is 1.11. The number of nitrogens with zero attached hydrogens (tertiary/aromatic N) is 2. The van der Waals surface area contributed by atoms with Gasteiger partial charge in [-0.05, 0) is 13.0 Å². The molecule has 0 aromatic rings. The average Bonchev–Trinajstić information content (AvgIpc) is 2.47. The molecular weight excluding hydrogens is 154 g/mol. The fraction of sp³-hybridized carbons (Fsp3) is 0.500. The normalized spacial score (nSPS) is 17.9. The summed E-state index contributed by atoms with van der Waals surface area (Å²) in [6.45, 7) is 7.58. The molecule has 66 valence electrons. The molecule has 0 aromatic carbocycles. The maximum Gasteiger partial charge on any atom is 0.323 e. The molecule has 0 unspecified atom stereocenters. The number of rotatable bonds is 2. The monoisotopic (exact) mass is 167 g/mol. The molecule has 1 aliphatic heterocycles. The second kappa shape index (κ2) is 3.90. The summed E-state index contributed by atoms with van der Waals surface area (Å²) in [6.07, 6.45) is 1.61. The van der Waals surface area contributed by atoms with Gasteiger partial charge in [-0.3, -0.25) is 9.89 Å². The van der Waals surface area contributed by atoms with Gasteiger partial charge in [0.15, 0.2) is 0 Å². The number of hydrogen-bond acceptors (Lipinski definition) is 2. The highest BCUT2D eigenvalue weighted by Crippen LogP contribution is 1.99. The van der Waals surface area contributed by atoms with E-state index in [1.807, 2.05) is 6.92 Å². The van der Waals surface area contributed by atoms with Crippen molar-refractivity contribution in [3.63, 3.8) is 0 Å². The lowest BCUT2D eigenvalue weighted by atomic mass is 10.4. The lowest BCUT2D eigenvalue weighted by Gasteiger charge is -2.12. The van der Waals surface area contributed by atoms with Crippen LogP contribution in [-0.2, 0) is 0 Å². The second-order valence-electron chi connectivity index (χ2n) is 2.42. The first-order chi connectivity index (χ1) is 5.79. The Hall–Kier alpha value is -1.32. The summed E-state index contributed by atoms with van der Waals surface area (Å²) in [4.78, 5) is 16.9. The zero-order valence-electron chi connectivity index (χ0n) is 7.21. The van der Waals surface area contributed by atoms with Crippen molar-refractivity contribution >= 4 is 11.9 Å². The van der Waals surface area contributed by atoms with Gasteiger partial charge in [0.25, 0.3) is 0 Å². The first kappa shape index (κ1) is 8.77. The molecule has 0 aliphatic carbocycles. The highest BCUT2D eigenvalue weighted by atomic mass is 16.2.